The Labute approximate surface area is 170 Å². The summed E-state index contributed by atoms with van der Waals surface area (Å²) in [7, 11) is 0. The summed E-state index contributed by atoms with van der Waals surface area (Å²) in [5, 5.41) is 0.682. The first-order chi connectivity index (χ1) is 14.1. The third-order valence-corrected chi connectivity index (χ3v) is 5.52. The van der Waals surface area contributed by atoms with Crippen LogP contribution in [-0.2, 0) is 6.54 Å². The van der Waals surface area contributed by atoms with Gasteiger partial charge < -0.3 is 13.7 Å². The molecule has 0 bridgehead atoms. The van der Waals surface area contributed by atoms with Crippen LogP contribution in [-0.4, -0.2) is 17.1 Å². The highest BCUT2D eigenvalue weighted by Crippen LogP contribution is 2.28. The van der Waals surface area contributed by atoms with Crippen LogP contribution < -0.4 is 15.2 Å². The van der Waals surface area contributed by atoms with E-state index in [9.17, 15) is 9.59 Å². The van der Waals surface area contributed by atoms with Gasteiger partial charge in [-0.2, -0.15) is 4.99 Å². The number of ether oxygens (including phenoxy) is 1. The normalized spacial score (nSPS) is 12.0. The van der Waals surface area contributed by atoms with E-state index in [2.05, 4.69) is 11.9 Å². The summed E-state index contributed by atoms with van der Waals surface area (Å²) >= 11 is 1.40. The van der Waals surface area contributed by atoms with Gasteiger partial charge in [-0.1, -0.05) is 42.5 Å². The number of hydrogen-bond acceptors (Lipinski definition) is 5. The predicted molar refractivity (Wildman–Crippen MR) is 114 cm³/mol. The van der Waals surface area contributed by atoms with Gasteiger partial charge in [0, 0.05) is 11.9 Å². The number of hydrogen-bond donors (Lipinski definition) is 0. The van der Waals surface area contributed by atoms with Gasteiger partial charge in [0.2, 0.25) is 0 Å². The second-order valence-electron chi connectivity index (χ2n) is 6.47. The summed E-state index contributed by atoms with van der Waals surface area (Å²) < 4.78 is 14.0. The smallest absolute Gasteiger partial charge is 0.349 e. The summed E-state index contributed by atoms with van der Waals surface area (Å²) in [5.41, 5.74) is 0.599. The Kier molecular flexibility index (Phi) is 5.31. The molecule has 29 heavy (non-hydrogen) atoms. The Balaban J connectivity index is 1.89. The first-order valence-electron chi connectivity index (χ1n) is 9.49. The molecule has 148 valence electrons. The molecule has 0 aliphatic heterocycles. The van der Waals surface area contributed by atoms with Crippen LogP contribution in [0.25, 0.3) is 21.2 Å². The van der Waals surface area contributed by atoms with Crippen LogP contribution in [0.4, 0.5) is 0 Å². The van der Waals surface area contributed by atoms with E-state index in [4.69, 9.17) is 9.15 Å². The number of aryl methyl sites for hydroxylation is 1. The van der Waals surface area contributed by atoms with Crippen LogP contribution in [0.1, 0.15) is 30.6 Å². The van der Waals surface area contributed by atoms with Crippen molar-refractivity contribution in [3.8, 4) is 5.75 Å². The molecule has 2 heterocycles. The Morgan fingerprint density at radius 3 is 2.79 bits per heavy atom. The first-order valence-corrected chi connectivity index (χ1v) is 10.3. The zero-order chi connectivity index (χ0) is 20.4. The molecule has 6 nitrogen and oxygen atoms in total. The number of fused-ring (bicyclic) bond motifs is 2. The molecule has 0 saturated carbocycles. The van der Waals surface area contributed by atoms with Crippen molar-refractivity contribution in [2.45, 2.75) is 26.8 Å². The van der Waals surface area contributed by atoms with Crippen LogP contribution in [0.3, 0.4) is 0 Å². The summed E-state index contributed by atoms with van der Waals surface area (Å²) in [6.45, 7) is 5.22. The van der Waals surface area contributed by atoms with E-state index in [1.54, 1.807) is 18.2 Å². The maximum absolute atomic E-state index is 12.9. The van der Waals surface area contributed by atoms with Crippen molar-refractivity contribution in [2.24, 2.45) is 4.99 Å². The monoisotopic (exact) mass is 408 g/mol. The molecule has 2 aromatic carbocycles. The van der Waals surface area contributed by atoms with E-state index in [0.29, 0.717) is 28.9 Å². The summed E-state index contributed by atoms with van der Waals surface area (Å²) in [5.74, 6) is 0.146. The van der Waals surface area contributed by atoms with Gasteiger partial charge in [0.25, 0.3) is 5.91 Å². The van der Waals surface area contributed by atoms with Crippen molar-refractivity contribution in [1.82, 2.24) is 4.57 Å². The second-order valence-corrected chi connectivity index (χ2v) is 7.48. The van der Waals surface area contributed by atoms with Crippen LogP contribution in [0.5, 0.6) is 5.75 Å². The van der Waals surface area contributed by atoms with E-state index in [0.717, 1.165) is 22.4 Å². The number of nitrogens with zero attached hydrogens (tertiary/aromatic N) is 2. The van der Waals surface area contributed by atoms with Crippen molar-refractivity contribution in [1.29, 1.82) is 0 Å². The highest BCUT2D eigenvalue weighted by atomic mass is 32.1. The predicted octanol–water partition coefficient (Wildman–Crippen LogP) is 4.36. The molecule has 0 N–H and O–H groups in total. The summed E-state index contributed by atoms with van der Waals surface area (Å²) in [4.78, 5) is 30.0. The lowest BCUT2D eigenvalue weighted by molar-refractivity contribution is 0.0994. The maximum atomic E-state index is 12.9. The van der Waals surface area contributed by atoms with Crippen molar-refractivity contribution in [2.75, 3.05) is 6.61 Å². The van der Waals surface area contributed by atoms with Crippen molar-refractivity contribution < 1.29 is 13.9 Å². The fourth-order valence-electron chi connectivity index (χ4n) is 3.24. The number of carbonyl (C=O) groups excluding carboxylic acids is 1. The van der Waals surface area contributed by atoms with Gasteiger partial charge in [0.05, 0.1) is 11.3 Å². The van der Waals surface area contributed by atoms with Crippen molar-refractivity contribution in [3.63, 3.8) is 0 Å². The number of benzene rings is 2. The second kappa shape index (κ2) is 8.05. The number of rotatable bonds is 5. The zero-order valence-electron chi connectivity index (χ0n) is 16.2. The van der Waals surface area contributed by atoms with E-state index in [1.165, 1.54) is 17.4 Å². The maximum Gasteiger partial charge on any atom is 0.349 e. The molecule has 0 aliphatic carbocycles. The molecule has 0 saturated heterocycles. The minimum Gasteiger partial charge on any atom is -0.492 e. The lowest BCUT2D eigenvalue weighted by atomic mass is 10.2. The Morgan fingerprint density at radius 2 is 2.00 bits per heavy atom. The molecule has 4 aromatic rings. The molecule has 1 amide bonds. The summed E-state index contributed by atoms with van der Waals surface area (Å²) in [6, 6.07) is 14.4. The molecule has 0 fully saturated rings. The highest BCUT2D eigenvalue weighted by Gasteiger charge is 2.16. The zero-order valence-corrected chi connectivity index (χ0v) is 17.0. The quantitative estimate of drug-likeness (QED) is 0.460. The third-order valence-electron chi connectivity index (χ3n) is 4.48. The van der Waals surface area contributed by atoms with Crippen molar-refractivity contribution >= 4 is 38.4 Å². The Bertz CT molecular complexity index is 1330. The number of aromatic nitrogens is 1. The lowest BCUT2D eigenvalue weighted by Crippen LogP contribution is -2.20. The van der Waals surface area contributed by atoms with Crippen molar-refractivity contribution in [3.05, 3.63) is 69.3 Å². The van der Waals surface area contributed by atoms with Gasteiger partial charge in [0.15, 0.2) is 4.80 Å². The third kappa shape index (κ3) is 3.61. The molecule has 0 unspecified atom stereocenters. The standard InChI is InChI=1S/C22H20N2O4S/c1-3-12-24-19-17(27-4-2)10-7-11-18(19)29-22(24)23-20(25)15-13-14-8-5-6-9-16(14)28-21(15)26/h5-11,13H,3-4,12H2,1-2H3. The van der Waals surface area contributed by atoms with Gasteiger partial charge >= 0.3 is 5.63 Å². The molecule has 0 spiro atoms. The van der Waals surface area contributed by atoms with E-state index < -0.39 is 11.5 Å². The Morgan fingerprint density at radius 1 is 1.17 bits per heavy atom. The summed E-state index contributed by atoms with van der Waals surface area (Å²) in [6.07, 6.45) is 0.867. The number of para-hydroxylation sites is 2. The first kappa shape index (κ1) is 19.1. The number of amides is 1. The highest BCUT2D eigenvalue weighted by molar-refractivity contribution is 7.16. The average molecular weight is 408 g/mol. The van der Waals surface area contributed by atoms with Gasteiger partial charge in [-0.3, -0.25) is 4.79 Å². The topological polar surface area (TPSA) is 73.8 Å². The molecular weight excluding hydrogens is 388 g/mol. The van der Waals surface area contributed by atoms with Crippen LogP contribution in [0, 0.1) is 0 Å². The van der Waals surface area contributed by atoms with Crippen LogP contribution in [0.2, 0.25) is 0 Å². The van der Waals surface area contributed by atoms with Crippen LogP contribution >= 0.6 is 11.3 Å². The SMILES string of the molecule is CCCn1c(=NC(=O)c2cc3ccccc3oc2=O)sc2cccc(OCC)c21. The minimum atomic E-state index is -0.685. The largest absolute Gasteiger partial charge is 0.492 e. The lowest BCUT2D eigenvalue weighted by Gasteiger charge is -2.08. The van der Waals surface area contributed by atoms with Gasteiger partial charge in [-0.05, 0) is 37.6 Å². The van der Waals surface area contributed by atoms with Gasteiger partial charge in [0.1, 0.15) is 22.4 Å². The van der Waals surface area contributed by atoms with Crippen LogP contribution in [0.15, 0.2) is 62.7 Å². The molecule has 0 aliphatic rings. The number of thiazole rings is 1. The van der Waals surface area contributed by atoms with E-state index in [-0.39, 0.29) is 5.56 Å². The van der Waals surface area contributed by atoms with E-state index in [1.807, 2.05) is 35.8 Å². The molecule has 2 aromatic heterocycles. The van der Waals surface area contributed by atoms with Gasteiger partial charge in [-0.15, -0.1) is 0 Å². The molecule has 0 atom stereocenters. The molecule has 4 rings (SSSR count). The molecule has 0 radical (unpaired) electrons. The number of carbonyl (C=O) groups is 1. The minimum absolute atomic E-state index is 0.0748. The molecule has 7 heteroatoms. The Hall–Kier alpha value is -3.19. The fraction of sp³-hybridized carbons (Fsp3) is 0.227. The van der Waals surface area contributed by atoms with E-state index >= 15 is 0 Å². The fourth-order valence-corrected chi connectivity index (χ4v) is 4.32. The molecular formula is C22H20N2O4S. The van der Waals surface area contributed by atoms with Gasteiger partial charge in [-0.25, -0.2) is 4.79 Å². The average Bonchev–Trinajstić information content (AvgIpc) is 3.06.